The third-order valence-electron chi connectivity index (χ3n) is 4.44. The summed E-state index contributed by atoms with van der Waals surface area (Å²) in [6.45, 7) is 7.95. The second kappa shape index (κ2) is 7.21. The van der Waals surface area contributed by atoms with Gasteiger partial charge >= 0.3 is 0 Å². The number of aliphatic hydroxyl groups is 1. The normalized spacial score (nSPS) is 19.4. The van der Waals surface area contributed by atoms with Crippen LogP contribution in [0.2, 0.25) is 0 Å². The number of likely N-dealkylation sites (tertiary alicyclic amines) is 1. The molecule has 0 saturated carbocycles. The average Bonchev–Trinajstić information content (AvgIpc) is 2.99. The summed E-state index contributed by atoms with van der Waals surface area (Å²) in [5.41, 5.74) is 1.04. The van der Waals surface area contributed by atoms with Crippen molar-refractivity contribution in [3.63, 3.8) is 0 Å². The van der Waals surface area contributed by atoms with E-state index in [4.69, 9.17) is 0 Å². The lowest BCUT2D eigenvalue weighted by molar-refractivity contribution is 0.151. The van der Waals surface area contributed by atoms with Crippen LogP contribution in [-0.2, 0) is 5.41 Å². The number of benzene rings is 1. The molecule has 0 spiro atoms. The van der Waals surface area contributed by atoms with Gasteiger partial charge in [-0.3, -0.25) is 0 Å². The standard InChI is InChI=1S/C17H28N2O/c1-17(15-20,16-8-4-3-5-9-16)14-18(2)12-13-19-10-6-7-11-19/h3-5,8-9,20H,6-7,10-15H2,1-2H3. The van der Waals surface area contributed by atoms with Gasteiger partial charge in [-0.05, 0) is 38.5 Å². The smallest absolute Gasteiger partial charge is 0.0537 e. The van der Waals surface area contributed by atoms with Gasteiger partial charge in [0.25, 0.3) is 0 Å². The van der Waals surface area contributed by atoms with Crippen LogP contribution in [0.3, 0.4) is 0 Å². The Labute approximate surface area is 123 Å². The van der Waals surface area contributed by atoms with Crippen molar-refractivity contribution in [1.82, 2.24) is 9.80 Å². The maximum atomic E-state index is 9.83. The van der Waals surface area contributed by atoms with Crippen LogP contribution in [0.5, 0.6) is 0 Å². The first-order chi connectivity index (χ1) is 9.64. The molecule has 1 heterocycles. The Bertz CT molecular complexity index is 389. The summed E-state index contributed by atoms with van der Waals surface area (Å²) in [5, 5.41) is 9.83. The van der Waals surface area contributed by atoms with Gasteiger partial charge < -0.3 is 14.9 Å². The first-order valence-corrected chi connectivity index (χ1v) is 7.71. The highest BCUT2D eigenvalue weighted by molar-refractivity contribution is 5.25. The zero-order valence-corrected chi connectivity index (χ0v) is 12.9. The maximum Gasteiger partial charge on any atom is 0.0537 e. The molecular formula is C17H28N2O. The highest BCUT2D eigenvalue weighted by Crippen LogP contribution is 2.24. The molecule has 1 saturated heterocycles. The van der Waals surface area contributed by atoms with Crippen LogP contribution in [0.15, 0.2) is 30.3 Å². The fraction of sp³-hybridized carbons (Fsp3) is 0.647. The number of nitrogens with zero attached hydrogens (tertiary/aromatic N) is 2. The Morgan fingerprint density at radius 2 is 1.85 bits per heavy atom. The number of rotatable bonds is 7. The van der Waals surface area contributed by atoms with Gasteiger partial charge in [0, 0.05) is 25.0 Å². The predicted octanol–water partition coefficient (Wildman–Crippen LogP) is 1.96. The molecule has 0 amide bonds. The molecule has 1 N–H and O–H groups in total. The lowest BCUT2D eigenvalue weighted by atomic mass is 9.83. The number of hydrogen-bond donors (Lipinski definition) is 1. The molecule has 0 aliphatic carbocycles. The van der Waals surface area contributed by atoms with E-state index in [9.17, 15) is 5.11 Å². The first-order valence-electron chi connectivity index (χ1n) is 7.71. The monoisotopic (exact) mass is 276 g/mol. The van der Waals surface area contributed by atoms with Crippen LogP contribution in [-0.4, -0.2) is 61.3 Å². The molecule has 1 fully saturated rings. The van der Waals surface area contributed by atoms with Gasteiger partial charge in [-0.25, -0.2) is 0 Å². The van der Waals surface area contributed by atoms with Crippen LogP contribution in [0, 0.1) is 0 Å². The van der Waals surface area contributed by atoms with Crippen molar-refractivity contribution < 1.29 is 5.11 Å². The van der Waals surface area contributed by atoms with Gasteiger partial charge in [-0.2, -0.15) is 0 Å². The molecule has 0 aromatic heterocycles. The molecule has 1 unspecified atom stereocenters. The van der Waals surface area contributed by atoms with Gasteiger partial charge in [0.1, 0.15) is 0 Å². The fourth-order valence-electron chi connectivity index (χ4n) is 3.07. The Balaban J connectivity index is 1.88. The van der Waals surface area contributed by atoms with E-state index < -0.39 is 0 Å². The van der Waals surface area contributed by atoms with E-state index in [1.807, 2.05) is 18.2 Å². The van der Waals surface area contributed by atoms with E-state index in [1.165, 1.54) is 31.5 Å². The summed E-state index contributed by atoms with van der Waals surface area (Å²) in [6.07, 6.45) is 2.70. The molecule has 3 heteroatoms. The minimum Gasteiger partial charge on any atom is -0.395 e. The molecule has 3 nitrogen and oxygen atoms in total. The molecule has 2 rings (SSSR count). The minimum absolute atomic E-state index is 0.180. The SMILES string of the molecule is CN(CCN1CCCC1)CC(C)(CO)c1ccccc1. The van der Waals surface area contributed by atoms with Crippen molar-refractivity contribution in [1.29, 1.82) is 0 Å². The van der Waals surface area contributed by atoms with Crippen molar-refractivity contribution in [3.05, 3.63) is 35.9 Å². The molecule has 1 aromatic rings. The van der Waals surface area contributed by atoms with E-state index >= 15 is 0 Å². The fourth-order valence-corrected chi connectivity index (χ4v) is 3.07. The van der Waals surface area contributed by atoms with Crippen LogP contribution in [0.1, 0.15) is 25.3 Å². The molecule has 1 aromatic carbocycles. The first kappa shape index (κ1) is 15.5. The molecule has 0 bridgehead atoms. The topological polar surface area (TPSA) is 26.7 Å². The summed E-state index contributed by atoms with van der Waals surface area (Å²) in [4.78, 5) is 4.89. The second-order valence-electron chi connectivity index (χ2n) is 6.37. The van der Waals surface area contributed by atoms with Gasteiger partial charge in [0.15, 0.2) is 0 Å². The Hall–Kier alpha value is -0.900. The van der Waals surface area contributed by atoms with Crippen molar-refractivity contribution in [3.8, 4) is 0 Å². The van der Waals surface area contributed by atoms with Gasteiger partial charge in [-0.15, -0.1) is 0 Å². The van der Waals surface area contributed by atoms with Crippen molar-refractivity contribution in [2.45, 2.75) is 25.2 Å². The molecule has 1 atom stereocenters. The Morgan fingerprint density at radius 1 is 1.20 bits per heavy atom. The maximum absolute atomic E-state index is 9.83. The van der Waals surface area contributed by atoms with Gasteiger partial charge in [0.2, 0.25) is 0 Å². The van der Waals surface area contributed by atoms with Crippen molar-refractivity contribution in [2.24, 2.45) is 0 Å². The third-order valence-corrected chi connectivity index (χ3v) is 4.44. The van der Waals surface area contributed by atoms with Crippen LogP contribution >= 0.6 is 0 Å². The zero-order valence-electron chi connectivity index (χ0n) is 12.9. The van der Waals surface area contributed by atoms with Crippen LogP contribution in [0.25, 0.3) is 0 Å². The summed E-state index contributed by atoms with van der Waals surface area (Å²) in [6, 6.07) is 10.4. The number of likely N-dealkylation sites (N-methyl/N-ethyl adjacent to an activating group) is 1. The molecule has 1 aliphatic heterocycles. The summed E-state index contributed by atoms with van der Waals surface area (Å²) >= 11 is 0. The average molecular weight is 276 g/mol. The highest BCUT2D eigenvalue weighted by Gasteiger charge is 2.27. The third kappa shape index (κ3) is 4.05. The number of hydrogen-bond acceptors (Lipinski definition) is 3. The molecule has 20 heavy (non-hydrogen) atoms. The largest absolute Gasteiger partial charge is 0.395 e. The highest BCUT2D eigenvalue weighted by atomic mass is 16.3. The molecule has 0 radical (unpaired) electrons. The van der Waals surface area contributed by atoms with Crippen molar-refractivity contribution in [2.75, 3.05) is 46.4 Å². The zero-order chi connectivity index (χ0) is 14.4. The second-order valence-corrected chi connectivity index (χ2v) is 6.37. The van der Waals surface area contributed by atoms with E-state index in [1.54, 1.807) is 0 Å². The lowest BCUT2D eigenvalue weighted by Crippen LogP contribution is -2.42. The quantitative estimate of drug-likeness (QED) is 0.825. The Morgan fingerprint density at radius 3 is 2.45 bits per heavy atom. The lowest BCUT2D eigenvalue weighted by Gasteiger charge is -2.33. The van der Waals surface area contributed by atoms with E-state index in [-0.39, 0.29) is 12.0 Å². The molecular weight excluding hydrogens is 248 g/mol. The summed E-state index contributed by atoms with van der Waals surface area (Å²) < 4.78 is 0. The molecule has 1 aliphatic rings. The van der Waals surface area contributed by atoms with Crippen LogP contribution < -0.4 is 0 Å². The van der Waals surface area contributed by atoms with Gasteiger partial charge in [0.05, 0.1) is 6.61 Å². The van der Waals surface area contributed by atoms with E-state index in [0.29, 0.717) is 0 Å². The van der Waals surface area contributed by atoms with Crippen molar-refractivity contribution >= 4 is 0 Å². The molecule has 112 valence electrons. The Kier molecular flexibility index (Phi) is 5.58. The minimum atomic E-state index is -0.180. The van der Waals surface area contributed by atoms with Gasteiger partial charge in [-0.1, -0.05) is 37.3 Å². The summed E-state index contributed by atoms with van der Waals surface area (Å²) in [5.74, 6) is 0. The van der Waals surface area contributed by atoms with E-state index in [2.05, 4.69) is 35.9 Å². The van der Waals surface area contributed by atoms with Crippen LogP contribution in [0.4, 0.5) is 0 Å². The summed E-state index contributed by atoms with van der Waals surface area (Å²) in [7, 11) is 2.16. The number of aliphatic hydroxyl groups excluding tert-OH is 1. The van der Waals surface area contributed by atoms with E-state index in [0.717, 1.165) is 19.6 Å². The predicted molar refractivity (Wildman–Crippen MR) is 84.1 cm³/mol.